The van der Waals surface area contributed by atoms with Crippen molar-refractivity contribution in [2.24, 2.45) is 0 Å². The first-order valence-corrected chi connectivity index (χ1v) is 10.00. The Balaban J connectivity index is 1.62. The maximum atomic E-state index is 12.9. The van der Waals surface area contributed by atoms with Gasteiger partial charge in [0.05, 0.1) is 25.3 Å². The fourth-order valence-electron chi connectivity index (χ4n) is 3.41. The number of Topliss-reactive ketones (excluding diaryl/α,β-unsaturated/α-hetero) is 1. The number of rotatable bonds is 5. The highest BCUT2D eigenvalue weighted by atomic mass is 16.5. The molecule has 0 saturated heterocycles. The molecule has 3 aromatic rings. The summed E-state index contributed by atoms with van der Waals surface area (Å²) in [6.07, 6.45) is 1.62. The van der Waals surface area contributed by atoms with Crippen LogP contribution in [0.1, 0.15) is 37.4 Å². The second-order valence-corrected chi connectivity index (χ2v) is 7.37. The van der Waals surface area contributed by atoms with Crippen LogP contribution in [0.2, 0.25) is 0 Å². The van der Waals surface area contributed by atoms with Gasteiger partial charge in [0.1, 0.15) is 23.0 Å². The molecule has 162 valence electrons. The van der Waals surface area contributed by atoms with Gasteiger partial charge in [0, 0.05) is 17.2 Å². The lowest BCUT2D eigenvalue weighted by atomic mass is 10.1. The Morgan fingerprint density at radius 1 is 0.906 bits per heavy atom. The van der Waals surface area contributed by atoms with Crippen LogP contribution in [-0.2, 0) is 0 Å². The van der Waals surface area contributed by atoms with Gasteiger partial charge in [-0.3, -0.25) is 4.79 Å². The monoisotopic (exact) mass is 430 g/mol. The molecule has 0 aliphatic carbocycles. The largest absolute Gasteiger partial charge is 0.497 e. The van der Waals surface area contributed by atoms with Crippen LogP contribution in [0.25, 0.3) is 6.08 Å². The third-order valence-corrected chi connectivity index (χ3v) is 5.25. The first kappa shape index (κ1) is 21.2. The van der Waals surface area contributed by atoms with Gasteiger partial charge < -0.3 is 18.9 Å². The number of aryl methyl sites for hydroxylation is 1. The summed E-state index contributed by atoms with van der Waals surface area (Å²) in [5.74, 6) is 1.34. The smallest absolute Gasteiger partial charge is 0.343 e. The molecule has 0 spiro atoms. The minimum atomic E-state index is -0.476. The number of hydrogen-bond acceptors (Lipinski definition) is 6. The molecule has 0 amide bonds. The van der Waals surface area contributed by atoms with Crippen LogP contribution < -0.4 is 18.9 Å². The number of benzene rings is 3. The number of allylic oxidation sites excluding steroid dienone is 1. The molecule has 0 unspecified atom stereocenters. The van der Waals surface area contributed by atoms with Crippen molar-refractivity contribution >= 4 is 17.8 Å². The Morgan fingerprint density at radius 3 is 2.34 bits per heavy atom. The molecule has 1 aliphatic heterocycles. The lowest BCUT2D eigenvalue weighted by Crippen LogP contribution is -2.09. The number of methoxy groups -OCH3 is 2. The van der Waals surface area contributed by atoms with Gasteiger partial charge in [-0.1, -0.05) is 17.7 Å². The standard InChI is InChI=1S/C26H22O6/c1-15-5-7-17(8-6-15)26(28)32-21-12-11-20-24(27)23(31-25(20)16(21)2)13-18-9-10-19(29-3)14-22(18)30-4/h5-14H,1-4H3/b23-13-. The van der Waals surface area contributed by atoms with Gasteiger partial charge in [-0.2, -0.15) is 0 Å². The molecule has 0 radical (unpaired) electrons. The van der Waals surface area contributed by atoms with Crippen molar-refractivity contribution in [1.29, 1.82) is 0 Å². The van der Waals surface area contributed by atoms with E-state index in [-0.39, 0.29) is 11.5 Å². The molecule has 0 aromatic heterocycles. The van der Waals surface area contributed by atoms with Crippen molar-refractivity contribution in [1.82, 2.24) is 0 Å². The van der Waals surface area contributed by atoms with E-state index < -0.39 is 5.97 Å². The van der Waals surface area contributed by atoms with Crippen molar-refractivity contribution in [3.05, 3.63) is 88.2 Å². The normalized spacial score (nSPS) is 13.5. The summed E-state index contributed by atoms with van der Waals surface area (Å²) >= 11 is 0. The average Bonchev–Trinajstić information content (AvgIpc) is 3.12. The Morgan fingerprint density at radius 2 is 1.66 bits per heavy atom. The van der Waals surface area contributed by atoms with E-state index in [0.29, 0.717) is 45.3 Å². The summed E-state index contributed by atoms with van der Waals surface area (Å²) in [6.45, 7) is 3.70. The van der Waals surface area contributed by atoms with E-state index >= 15 is 0 Å². The summed E-state index contributed by atoms with van der Waals surface area (Å²) in [4.78, 5) is 25.4. The number of carbonyl (C=O) groups is 2. The minimum absolute atomic E-state index is 0.161. The summed E-state index contributed by atoms with van der Waals surface area (Å²) in [7, 11) is 3.11. The summed E-state index contributed by atoms with van der Waals surface area (Å²) in [5.41, 5.74) is 3.15. The Bertz CT molecular complexity index is 1240. The molecule has 0 atom stereocenters. The topological polar surface area (TPSA) is 71.1 Å². The van der Waals surface area contributed by atoms with E-state index in [9.17, 15) is 9.59 Å². The predicted octanol–water partition coefficient (Wildman–Crippen LogP) is 5.16. The fourth-order valence-corrected chi connectivity index (χ4v) is 3.41. The number of carbonyl (C=O) groups excluding carboxylic acids is 2. The minimum Gasteiger partial charge on any atom is -0.497 e. The van der Waals surface area contributed by atoms with Crippen LogP contribution in [0, 0.1) is 13.8 Å². The first-order valence-electron chi connectivity index (χ1n) is 10.00. The van der Waals surface area contributed by atoms with E-state index in [2.05, 4.69) is 0 Å². The molecule has 1 aliphatic rings. The SMILES string of the molecule is COc1ccc(/C=C2\Oc3c(ccc(OC(=O)c4ccc(C)cc4)c3C)C2=O)c(OC)c1. The molecule has 32 heavy (non-hydrogen) atoms. The maximum absolute atomic E-state index is 12.9. The molecular formula is C26H22O6. The van der Waals surface area contributed by atoms with E-state index in [1.165, 1.54) is 0 Å². The molecule has 6 nitrogen and oxygen atoms in total. The first-order chi connectivity index (χ1) is 15.4. The number of ketones is 1. The van der Waals surface area contributed by atoms with Gasteiger partial charge in [0.15, 0.2) is 5.76 Å². The highest BCUT2D eigenvalue weighted by Crippen LogP contribution is 2.40. The lowest BCUT2D eigenvalue weighted by Gasteiger charge is -2.10. The van der Waals surface area contributed by atoms with Gasteiger partial charge >= 0.3 is 5.97 Å². The highest BCUT2D eigenvalue weighted by molar-refractivity contribution is 6.15. The molecule has 1 heterocycles. The zero-order valence-electron chi connectivity index (χ0n) is 18.2. The third-order valence-electron chi connectivity index (χ3n) is 5.25. The summed E-state index contributed by atoms with van der Waals surface area (Å²) < 4.78 is 22.1. The zero-order chi connectivity index (χ0) is 22.8. The lowest BCUT2D eigenvalue weighted by molar-refractivity contribution is 0.0733. The maximum Gasteiger partial charge on any atom is 0.343 e. The van der Waals surface area contributed by atoms with Crippen molar-refractivity contribution in [2.45, 2.75) is 13.8 Å². The van der Waals surface area contributed by atoms with E-state index in [4.69, 9.17) is 18.9 Å². The van der Waals surface area contributed by atoms with Gasteiger partial charge in [-0.05, 0) is 56.3 Å². The van der Waals surface area contributed by atoms with Crippen LogP contribution >= 0.6 is 0 Å². The van der Waals surface area contributed by atoms with Gasteiger partial charge in [0.2, 0.25) is 5.78 Å². The summed E-state index contributed by atoms with van der Waals surface area (Å²) in [6, 6.07) is 15.6. The van der Waals surface area contributed by atoms with Crippen molar-refractivity contribution in [2.75, 3.05) is 14.2 Å². The van der Waals surface area contributed by atoms with E-state index in [1.54, 1.807) is 69.7 Å². The van der Waals surface area contributed by atoms with Crippen LogP contribution in [0.4, 0.5) is 0 Å². The molecule has 0 N–H and O–H groups in total. The number of esters is 1. The quantitative estimate of drug-likeness (QED) is 0.316. The Labute approximate surface area is 186 Å². The molecule has 6 heteroatoms. The van der Waals surface area contributed by atoms with Gasteiger partial charge in [0.25, 0.3) is 0 Å². The Hall–Kier alpha value is -4.06. The Kier molecular flexibility index (Phi) is 5.69. The fraction of sp³-hybridized carbons (Fsp3) is 0.154. The van der Waals surface area contributed by atoms with E-state index in [1.807, 2.05) is 19.1 Å². The predicted molar refractivity (Wildman–Crippen MR) is 120 cm³/mol. The molecule has 0 bridgehead atoms. The van der Waals surface area contributed by atoms with Gasteiger partial charge in [-0.15, -0.1) is 0 Å². The molecular weight excluding hydrogens is 408 g/mol. The average molecular weight is 430 g/mol. The highest BCUT2D eigenvalue weighted by Gasteiger charge is 2.31. The zero-order valence-corrected chi connectivity index (χ0v) is 18.2. The molecule has 0 saturated carbocycles. The van der Waals surface area contributed by atoms with Crippen molar-refractivity contribution in [3.63, 3.8) is 0 Å². The van der Waals surface area contributed by atoms with Crippen molar-refractivity contribution < 1.29 is 28.5 Å². The van der Waals surface area contributed by atoms with E-state index in [0.717, 1.165) is 5.56 Å². The third kappa shape index (κ3) is 3.95. The van der Waals surface area contributed by atoms with Crippen LogP contribution in [0.15, 0.2) is 60.4 Å². The second-order valence-electron chi connectivity index (χ2n) is 7.37. The molecule has 4 rings (SSSR count). The summed E-state index contributed by atoms with van der Waals surface area (Å²) in [5, 5.41) is 0. The second kappa shape index (κ2) is 8.59. The number of hydrogen-bond donors (Lipinski definition) is 0. The molecule has 0 fully saturated rings. The van der Waals surface area contributed by atoms with Gasteiger partial charge in [-0.25, -0.2) is 4.79 Å². The van der Waals surface area contributed by atoms with Crippen LogP contribution in [0.5, 0.6) is 23.0 Å². The number of fused-ring (bicyclic) bond motifs is 1. The number of ether oxygens (including phenoxy) is 4. The van der Waals surface area contributed by atoms with Crippen LogP contribution in [-0.4, -0.2) is 26.0 Å². The van der Waals surface area contributed by atoms with Crippen molar-refractivity contribution in [3.8, 4) is 23.0 Å². The van der Waals surface area contributed by atoms with Crippen LogP contribution in [0.3, 0.4) is 0 Å². The molecule has 3 aromatic carbocycles.